The number of hydrogen-bond donors (Lipinski definition) is 3. The average molecular weight is 772 g/mol. The number of nitrogens with one attached hydrogen (secondary N) is 3. The summed E-state index contributed by atoms with van der Waals surface area (Å²) in [6.07, 6.45) is 1.87. The molecule has 3 aromatic rings. The largest absolute Gasteiger partial charge is 0.471 e. The molecule has 14 nitrogen and oxygen atoms in total. The zero-order valence-corrected chi connectivity index (χ0v) is 30.4. The van der Waals surface area contributed by atoms with E-state index in [0.29, 0.717) is 43.4 Å². The van der Waals surface area contributed by atoms with Crippen molar-refractivity contribution in [2.45, 2.75) is 107 Å². The van der Waals surface area contributed by atoms with Gasteiger partial charge in [-0.1, -0.05) is 42.3 Å². The highest BCUT2D eigenvalue weighted by Gasteiger charge is 2.61. The van der Waals surface area contributed by atoms with Crippen LogP contribution in [-0.4, -0.2) is 83.4 Å². The van der Waals surface area contributed by atoms with Crippen molar-refractivity contribution in [3.05, 3.63) is 59.1 Å². The van der Waals surface area contributed by atoms with Crippen LogP contribution in [0.2, 0.25) is 0 Å². The number of carbonyl (C=O) groups excluding carboxylic acids is 4. The van der Waals surface area contributed by atoms with Gasteiger partial charge in [0, 0.05) is 17.9 Å². The van der Waals surface area contributed by atoms with Gasteiger partial charge >= 0.3 is 6.18 Å². The van der Waals surface area contributed by atoms with Gasteiger partial charge in [0.2, 0.25) is 23.4 Å². The normalized spacial score (nSPS) is 27.5. The van der Waals surface area contributed by atoms with Crippen molar-refractivity contribution in [2.24, 2.45) is 5.92 Å². The molecule has 2 aromatic heterocycles. The van der Waals surface area contributed by atoms with Crippen molar-refractivity contribution in [1.82, 2.24) is 35.4 Å². The second-order valence-electron chi connectivity index (χ2n) is 14.3. The lowest BCUT2D eigenvalue weighted by atomic mass is 10.0. The number of aryl methyl sites for hydroxylation is 1. The first-order valence-electron chi connectivity index (χ1n) is 18.0. The second-order valence-corrected chi connectivity index (χ2v) is 15.8. The number of allylic oxidation sites excluding steroid dienone is 1. The molecule has 18 heteroatoms. The summed E-state index contributed by atoms with van der Waals surface area (Å²) < 4.78 is 69.1. The Balaban J connectivity index is 1.21. The Bertz CT molecular complexity index is 2040. The number of fused-ring (bicyclic) bond motifs is 3. The van der Waals surface area contributed by atoms with Crippen molar-refractivity contribution in [1.29, 1.82) is 0 Å². The minimum absolute atomic E-state index is 0.00108. The van der Waals surface area contributed by atoms with Gasteiger partial charge in [0.25, 0.3) is 11.8 Å². The smallest absolute Gasteiger partial charge is 0.438 e. The van der Waals surface area contributed by atoms with Crippen LogP contribution < -0.4 is 20.1 Å². The molecule has 0 bridgehead atoms. The fourth-order valence-corrected chi connectivity index (χ4v) is 8.07. The zero-order chi connectivity index (χ0) is 38.4. The van der Waals surface area contributed by atoms with Gasteiger partial charge in [-0.3, -0.25) is 23.9 Å². The Labute approximate surface area is 310 Å². The molecule has 3 N–H and O–H groups in total. The fraction of sp³-hybridized carbons (Fsp3) is 0.528. The van der Waals surface area contributed by atoms with Crippen molar-refractivity contribution in [3.8, 4) is 5.88 Å². The standard InChI is InChI=1S/C36H40F3N7O7S/c1-19-20(2)53-44-28(19)31(48)41-26-13-7-5-3-4-6-10-21-17-35(21,34(50)45-54(51)23-14-15-23)43-30(47)27-16-22(18-46(27)33(26)49)52-32-29(36(37,38)39)40-24-11-8-9-12-25(24)42-32/h6,8-12,21-23,26-27H,3-5,7,13-18H2,1-2H3,(H,41,48)(H,43,47)(H,45,50)/b10-6-/t21-,22-,26+,27+,35-,54?/m1/s1. The molecule has 4 amide bonds. The summed E-state index contributed by atoms with van der Waals surface area (Å²) in [6, 6.07) is 3.52. The molecule has 3 fully saturated rings. The van der Waals surface area contributed by atoms with Gasteiger partial charge in [-0.2, -0.15) is 13.2 Å². The Morgan fingerprint density at radius 2 is 1.81 bits per heavy atom. The van der Waals surface area contributed by atoms with Crippen LogP contribution in [0.1, 0.15) is 85.3 Å². The number of ether oxygens (including phenoxy) is 1. The molecule has 0 spiro atoms. The maximum absolute atomic E-state index is 14.5. The number of benzene rings is 1. The monoisotopic (exact) mass is 771 g/mol. The van der Waals surface area contributed by atoms with Crippen molar-refractivity contribution in [3.63, 3.8) is 0 Å². The summed E-state index contributed by atoms with van der Waals surface area (Å²) in [5.74, 6) is -3.50. The summed E-state index contributed by atoms with van der Waals surface area (Å²) in [4.78, 5) is 64.9. The minimum atomic E-state index is -4.94. The number of carbonyl (C=O) groups is 4. The molecular formula is C36H40F3N7O7S. The van der Waals surface area contributed by atoms with E-state index in [4.69, 9.17) is 9.26 Å². The number of amides is 4. The van der Waals surface area contributed by atoms with E-state index in [1.54, 1.807) is 19.9 Å². The molecule has 2 aliphatic heterocycles. The van der Waals surface area contributed by atoms with Crippen LogP contribution in [0.5, 0.6) is 5.88 Å². The molecule has 4 heterocycles. The lowest BCUT2D eigenvalue weighted by molar-refractivity contribution is -0.143. The number of aromatic nitrogens is 3. The number of hydrogen-bond acceptors (Lipinski definition) is 10. The molecule has 1 unspecified atom stereocenters. The van der Waals surface area contributed by atoms with Crippen LogP contribution >= 0.6 is 0 Å². The predicted octanol–water partition coefficient (Wildman–Crippen LogP) is 3.74. The van der Waals surface area contributed by atoms with Gasteiger partial charge in [-0.25, -0.2) is 14.2 Å². The first kappa shape index (κ1) is 37.4. The Morgan fingerprint density at radius 3 is 2.50 bits per heavy atom. The van der Waals surface area contributed by atoms with Crippen LogP contribution in [0.4, 0.5) is 13.2 Å². The zero-order valence-electron chi connectivity index (χ0n) is 29.6. The van der Waals surface area contributed by atoms with E-state index in [9.17, 15) is 36.6 Å². The van der Waals surface area contributed by atoms with Gasteiger partial charge in [-0.15, -0.1) is 0 Å². The quantitative estimate of drug-likeness (QED) is 0.299. The highest BCUT2D eigenvalue weighted by molar-refractivity contribution is 7.84. The average Bonchev–Trinajstić information content (AvgIpc) is 4.03. The van der Waals surface area contributed by atoms with Crippen LogP contribution in [0.25, 0.3) is 11.0 Å². The molecule has 1 saturated heterocycles. The van der Waals surface area contributed by atoms with E-state index in [0.717, 1.165) is 6.42 Å². The molecule has 2 aliphatic carbocycles. The molecule has 0 radical (unpaired) electrons. The highest BCUT2D eigenvalue weighted by Crippen LogP contribution is 2.46. The maximum Gasteiger partial charge on any atom is 0.438 e. The van der Waals surface area contributed by atoms with Crippen molar-refractivity contribution in [2.75, 3.05) is 6.54 Å². The van der Waals surface area contributed by atoms with E-state index in [1.165, 1.54) is 23.1 Å². The third-order valence-electron chi connectivity index (χ3n) is 10.4. The van der Waals surface area contributed by atoms with E-state index in [-0.39, 0.29) is 47.8 Å². The van der Waals surface area contributed by atoms with E-state index in [1.807, 2.05) is 12.2 Å². The number of alkyl halides is 3. The van der Waals surface area contributed by atoms with Gasteiger partial charge in [0.05, 0.1) is 22.8 Å². The molecule has 4 aliphatic rings. The molecular weight excluding hydrogens is 731 g/mol. The Kier molecular flexibility index (Phi) is 10.2. The lowest BCUT2D eigenvalue weighted by Gasteiger charge is -2.29. The van der Waals surface area contributed by atoms with Gasteiger partial charge in [-0.05, 0) is 64.5 Å². The van der Waals surface area contributed by atoms with Crippen molar-refractivity contribution >= 4 is 45.6 Å². The maximum atomic E-state index is 14.5. The lowest BCUT2D eigenvalue weighted by Crippen LogP contribution is -2.58. The molecule has 54 heavy (non-hydrogen) atoms. The highest BCUT2D eigenvalue weighted by atomic mass is 32.2. The second kappa shape index (κ2) is 14.8. The van der Waals surface area contributed by atoms with Gasteiger partial charge in [0.1, 0.15) is 40.5 Å². The third-order valence-corrected chi connectivity index (χ3v) is 11.9. The number of nitrogens with zero attached hydrogens (tertiary/aromatic N) is 4. The summed E-state index contributed by atoms with van der Waals surface area (Å²) >= 11 is 0. The summed E-state index contributed by atoms with van der Waals surface area (Å²) in [6.45, 7) is 2.95. The fourth-order valence-electron chi connectivity index (χ4n) is 6.98. The SMILES string of the molecule is Cc1onc(C(=O)N[C@H]2CCCCC/C=C\[C@@H]3C[C@@]3(C(=O)NS(=O)C3CC3)NC(=O)[C@@H]3C[C@@H](Oc4nc5ccccc5nc4C(F)(F)F)CN3C2=O)c1C. The topological polar surface area (TPSA) is 186 Å². The van der Waals surface area contributed by atoms with E-state index >= 15 is 0 Å². The summed E-state index contributed by atoms with van der Waals surface area (Å²) in [5, 5.41) is 9.25. The number of halogens is 3. The third kappa shape index (κ3) is 7.70. The number of para-hydroxylation sites is 2. The van der Waals surface area contributed by atoms with Gasteiger partial charge < -0.3 is 24.8 Å². The summed E-state index contributed by atoms with van der Waals surface area (Å²) in [5.41, 5.74) is -2.19. The molecule has 2 saturated carbocycles. The van der Waals surface area contributed by atoms with Gasteiger partial charge in [0.15, 0.2) is 5.69 Å². The molecule has 1 aromatic carbocycles. The van der Waals surface area contributed by atoms with E-state index in [2.05, 4.69) is 30.5 Å². The first-order valence-corrected chi connectivity index (χ1v) is 19.2. The minimum Gasteiger partial charge on any atom is -0.471 e. The number of rotatable bonds is 7. The van der Waals surface area contributed by atoms with Crippen LogP contribution in [0.3, 0.4) is 0 Å². The Morgan fingerprint density at radius 1 is 1.07 bits per heavy atom. The van der Waals surface area contributed by atoms with Crippen LogP contribution in [-0.2, 0) is 31.5 Å². The van der Waals surface area contributed by atoms with Crippen molar-refractivity contribution < 1.29 is 45.8 Å². The molecule has 6 atom stereocenters. The first-order chi connectivity index (χ1) is 25.7. The summed E-state index contributed by atoms with van der Waals surface area (Å²) in [7, 11) is -1.64. The predicted molar refractivity (Wildman–Crippen MR) is 187 cm³/mol. The molecule has 288 valence electrons. The Hall–Kier alpha value is -4.87. The van der Waals surface area contributed by atoms with Crippen LogP contribution in [0, 0.1) is 19.8 Å². The van der Waals surface area contributed by atoms with E-state index < -0.39 is 82.0 Å². The molecule has 7 rings (SSSR count). The van der Waals surface area contributed by atoms with Crippen LogP contribution in [0.15, 0.2) is 40.9 Å².